The Balaban J connectivity index is 2.30. The van der Waals surface area contributed by atoms with Gasteiger partial charge in [0, 0.05) is 31.9 Å². The van der Waals surface area contributed by atoms with Crippen LogP contribution >= 0.6 is 0 Å². The lowest BCUT2D eigenvalue weighted by Gasteiger charge is -2.39. The number of aryl methyl sites for hydroxylation is 2. The summed E-state index contributed by atoms with van der Waals surface area (Å²) in [7, 11) is 0. The molecule has 0 aromatic heterocycles. The zero-order valence-electron chi connectivity index (χ0n) is 18.6. The Morgan fingerprint density at radius 2 is 1.61 bits per heavy atom. The van der Waals surface area contributed by atoms with Gasteiger partial charge < -0.3 is 25.0 Å². The van der Waals surface area contributed by atoms with Gasteiger partial charge in [0.05, 0.1) is 13.2 Å². The molecule has 31 heavy (non-hydrogen) atoms. The summed E-state index contributed by atoms with van der Waals surface area (Å²) < 4.78 is 9.98. The van der Waals surface area contributed by atoms with E-state index in [9.17, 15) is 14.9 Å². The molecule has 0 saturated carbocycles. The number of hydrogen-bond acceptors (Lipinski definition) is 8. The summed E-state index contributed by atoms with van der Waals surface area (Å²) in [5.41, 5.74) is 9.63. The molecule has 1 aromatic rings. The minimum Gasteiger partial charge on any atom is -0.462 e. The summed E-state index contributed by atoms with van der Waals surface area (Å²) in [6, 6.07) is 7.99. The number of nitriles is 1. The van der Waals surface area contributed by atoms with E-state index in [1.807, 2.05) is 11.0 Å². The zero-order chi connectivity index (χ0) is 23.0. The maximum atomic E-state index is 12.5. The Kier molecular flexibility index (Phi) is 8.50. The highest BCUT2D eigenvalue weighted by atomic mass is 16.5. The summed E-state index contributed by atoms with van der Waals surface area (Å²) in [6.45, 7) is 10.3. The summed E-state index contributed by atoms with van der Waals surface area (Å²) in [6.07, 6.45) is 1.16. The quantitative estimate of drug-likeness (QED) is 0.306. The van der Waals surface area contributed by atoms with Crippen LogP contribution in [0.3, 0.4) is 0 Å². The van der Waals surface area contributed by atoms with Crippen LogP contribution in [0.2, 0.25) is 0 Å². The average molecular weight is 427 g/mol. The number of nitrogens with zero attached hydrogens (tertiary/aromatic N) is 3. The number of anilines is 1. The van der Waals surface area contributed by atoms with E-state index in [0.29, 0.717) is 13.1 Å². The van der Waals surface area contributed by atoms with Gasteiger partial charge in [0.25, 0.3) is 0 Å². The highest BCUT2D eigenvalue weighted by Gasteiger charge is 2.25. The molecule has 166 valence electrons. The third kappa shape index (κ3) is 5.79. The molecule has 0 atom stereocenters. The number of benzene rings is 1. The molecule has 0 unspecified atom stereocenters. The molecule has 1 aliphatic heterocycles. The fourth-order valence-corrected chi connectivity index (χ4v) is 3.58. The van der Waals surface area contributed by atoms with Crippen molar-refractivity contribution in [3.05, 3.63) is 52.4 Å². The maximum Gasteiger partial charge on any atom is 0.348 e. The number of ether oxygens (including phenoxy) is 2. The predicted octanol–water partition coefficient (Wildman–Crippen LogP) is 2.17. The zero-order valence-corrected chi connectivity index (χ0v) is 18.6. The number of carbonyl (C=O) groups excluding carboxylic acids is 2. The molecule has 0 bridgehead atoms. The second-order valence-corrected chi connectivity index (χ2v) is 7.12. The largest absolute Gasteiger partial charge is 0.462 e. The third-order valence-electron chi connectivity index (χ3n) is 5.05. The van der Waals surface area contributed by atoms with Gasteiger partial charge >= 0.3 is 11.9 Å². The van der Waals surface area contributed by atoms with E-state index in [1.54, 1.807) is 19.9 Å². The number of piperazine rings is 1. The van der Waals surface area contributed by atoms with Crippen molar-refractivity contribution in [2.24, 2.45) is 5.73 Å². The average Bonchev–Trinajstić information content (AvgIpc) is 2.74. The van der Waals surface area contributed by atoms with Crippen molar-refractivity contribution >= 4 is 17.6 Å². The molecule has 1 saturated heterocycles. The second kappa shape index (κ2) is 11.1. The van der Waals surface area contributed by atoms with Crippen molar-refractivity contribution in [3.63, 3.8) is 0 Å². The molecule has 1 heterocycles. The van der Waals surface area contributed by atoms with Gasteiger partial charge in [-0.2, -0.15) is 5.26 Å². The van der Waals surface area contributed by atoms with E-state index >= 15 is 0 Å². The van der Waals surface area contributed by atoms with Crippen molar-refractivity contribution in [1.82, 2.24) is 4.90 Å². The van der Waals surface area contributed by atoms with Gasteiger partial charge in [0.1, 0.15) is 23.0 Å². The SMILES string of the molecule is CCOC(=O)C(/C=C(\C#N)C(=O)OCC)=C(/N)N1CCN(c2c(C)cccc2C)CC1. The molecular weight excluding hydrogens is 396 g/mol. The Morgan fingerprint density at radius 3 is 2.13 bits per heavy atom. The van der Waals surface area contributed by atoms with E-state index in [-0.39, 0.29) is 30.2 Å². The van der Waals surface area contributed by atoms with Crippen LogP contribution < -0.4 is 10.6 Å². The molecule has 1 aliphatic rings. The number of esters is 2. The van der Waals surface area contributed by atoms with Crippen molar-refractivity contribution in [2.75, 3.05) is 44.3 Å². The number of carbonyl (C=O) groups is 2. The van der Waals surface area contributed by atoms with Crippen LogP contribution in [-0.2, 0) is 19.1 Å². The van der Waals surface area contributed by atoms with E-state index in [1.165, 1.54) is 16.8 Å². The van der Waals surface area contributed by atoms with Gasteiger partial charge in [-0.3, -0.25) is 0 Å². The minimum absolute atomic E-state index is 0.0213. The Hall–Kier alpha value is -3.47. The molecule has 8 nitrogen and oxygen atoms in total. The van der Waals surface area contributed by atoms with Crippen LogP contribution in [0.5, 0.6) is 0 Å². The lowest BCUT2D eigenvalue weighted by atomic mass is 10.1. The lowest BCUT2D eigenvalue weighted by molar-refractivity contribution is -0.138. The van der Waals surface area contributed by atoms with E-state index in [4.69, 9.17) is 15.2 Å². The molecule has 2 N–H and O–H groups in total. The van der Waals surface area contributed by atoms with Crippen LogP contribution in [0.1, 0.15) is 25.0 Å². The maximum absolute atomic E-state index is 12.5. The topological polar surface area (TPSA) is 109 Å². The molecule has 0 amide bonds. The van der Waals surface area contributed by atoms with Crippen LogP contribution in [-0.4, -0.2) is 56.2 Å². The predicted molar refractivity (Wildman–Crippen MR) is 118 cm³/mol. The van der Waals surface area contributed by atoms with E-state index < -0.39 is 11.9 Å². The van der Waals surface area contributed by atoms with Gasteiger partial charge in [-0.15, -0.1) is 0 Å². The number of para-hydroxylation sites is 1. The van der Waals surface area contributed by atoms with Crippen molar-refractivity contribution in [2.45, 2.75) is 27.7 Å². The summed E-state index contributed by atoms with van der Waals surface area (Å²) in [5.74, 6) is -1.31. The smallest absolute Gasteiger partial charge is 0.348 e. The molecular formula is C23H30N4O4. The first-order valence-electron chi connectivity index (χ1n) is 10.4. The standard InChI is InChI=1S/C23H30N4O4/c1-5-30-22(28)18(15-24)14-19(23(29)31-6-2)21(25)27-12-10-26(11-13-27)20-16(3)8-7-9-17(20)4/h7-9,14H,5-6,10-13,25H2,1-4H3/b18-14+,21-19-. The first-order valence-corrected chi connectivity index (χ1v) is 10.4. The molecule has 1 aromatic carbocycles. The minimum atomic E-state index is -0.806. The lowest BCUT2D eigenvalue weighted by Crippen LogP contribution is -2.48. The Bertz CT molecular complexity index is 902. The normalized spacial score (nSPS) is 15.1. The Labute approximate surface area is 183 Å². The third-order valence-corrected chi connectivity index (χ3v) is 5.05. The molecule has 8 heteroatoms. The highest BCUT2D eigenvalue weighted by Crippen LogP contribution is 2.26. The Morgan fingerprint density at radius 1 is 1.06 bits per heavy atom. The first-order chi connectivity index (χ1) is 14.8. The number of hydrogen-bond donors (Lipinski definition) is 1. The van der Waals surface area contributed by atoms with Crippen LogP contribution in [0.4, 0.5) is 5.69 Å². The van der Waals surface area contributed by atoms with Gasteiger partial charge in [0.2, 0.25) is 0 Å². The second-order valence-electron chi connectivity index (χ2n) is 7.12. The number of rotatable bonds is 7. The van der Waals surface area contributed by atoms with Gasteiger partial charge in [0.15, 0.2) is 0 Å². The molecule has 0 radical (unpaired) electrons. The van der Waals surface area contributed by atoms with E-state index in [0.717, 1.165) is 19.2 Å². The molecule has 0 spiro atoms. The highest BCUT2D eigenvalue weighted by molar-refractivity contribution is 5.99. The summed E-state index contributed by atoms with van der Waals surface area (Å²) in [4.78, 5) is 28.7. The fourth-order valence-electron chi connectivity index (χ4n) is 3.58. The van der Waals surface area contributed by atoms with Crippen molar-refractivity contribution in [1.29, 1.82) is 5.26 Å². The first kappa shape index (κ1) is 23.8. The van der Waals surface area contributed by atoms with Gasteiger partial charge in [-0.1, -0.05) is 18.2 Å². The van der Waals surface area contributed by atoms with Gasteiger partial charge in [-0.05, 0) is 44.9 Å². The molecule has 0 aliphatic carbocycles. The van der Waals surface area contributed by atoms with Crippen LogP contribution in [0.15, 0.2) is 41.2 Å². The van der Waals surface area contributed by atoms with Crippen molar-refractivity contribution in [3.8, 4) is 6.07 Å². The summed E-state index contributed by atoms with van der Waals surface area (Å²) in [5, 5.41) is 9.33. The van der Waals surface area contributed by atoms with Crippen LogP contribution in [0.25, 0.3) is 0 Å². The number of nitrogens with two attached hydrogens (primary N) is 1. The van der Waals surface area contributed by atoms with Crippen molar-refractivity contribution < 1.29 is 19.1 Å². The molecule has 2 rings (SSSR count). The summed E-state index contributed by atoms with van der Waals surface area (Å²) >= 11 is 0. The molecule has 1 fully saturated rings. The van der Waals surface area contributed by atoms with E-state index in [2.05, 4.69) is 30.9 Å². The monoisotopic (exact) mass is 426 g/mol. The fraction of sp³-hybridized carbons (Fsp3) is 0.435. The van der Waals surface area contributed by atoms with Crippen LogP contribution in [0, 0.1) is 25.2 Å². The van der Waals surface area contributed by atoms with Gasteiger partial charge in [-0.25, -0.2) is 9.59 Å².